The Morgan fingerprint density at radius 1 is 0.970 bits per heavy atom. The average Bonchev–Trinajstić information content (AvgIpc) is 2.83. The minimum atomic E-state index is 0.588. The van der Waals surface area contributed by atoms with Crippen LogP contribution in [0.1, 0.15) is 51.5 Å². The molecule has 1 aromatic heterocycles. The van der Waals surface area contributed by atoms with Gasteiger partial charge in [-0.25, -0.2) is 0 Å². The Morgan fingerprint density at radius 2 is 1.70 bits per heavy atom. The minimum absolute atomic E-state index is 0.588. The van der Waals surface area contributed by atoms with Crippen molar-refractivity contribution in [2.75, 3.05) is 47.8 Å². The number of benzene rings is 1. The highest BCUT2D eigenvalue weighted by Crippen LogP contribution is 2.28. The fourth-order valence-corrected chi connectivity index (χ4v) is 4.92. The number of aryl methyl sites for hydroxylation is 1. The number of aromatic nitrogens is 2. The van der Waals surface area contributed by atoms with Crippen LogP contribution in [-0.4, -0.2) is 47.8 Å². The normalized spacial score (nSPS) is 19.4. The molecule has 2 fully saturated rings. The number of nitrogens with one attached hydrogen (secondary N) is 2. The average molecular weight is 467 g/mol. The van der Waals surface area contributed by atoms with Gasteiger partial charge in [-0.2, -0.15) is 9.97 Å². The molecule has 0 unspecified atom stereocenters. The van der Waals surface area contributed by atoms with E-state index in [-0.39, 0.29) is 0 Å². The van der Waals surface area contributed by atoms with E-state index in [1.165, 1.54) is 31.2 Å². The van der Waals surface area contributed by atoms with Crippen LogP contribution >= 0.6 is 12.2 Å². The molecule has 0 aliphatic carbocycles. The van der Waals surface area contributed by atoms with E-state index in [0.29, 0.717) is 17.0 Å². The van der Waals surface area contributed by atoms with Gasteiger partial charge in [0.2, 0.25) is 5.95 Å². The van der Waals surface area contributed by atoms with Gasteiger partial charge in [-0.05, 0) is 68.1 Å². The molecule has 3 heterocycles. The van der Waals surface area contributed by atoms with E-state index < -0.39 is 0 Å². The lowest BCUT2D eigenvalue weighted by atomic mass is 9.99. The molecule has 0 radical (unpaired) electrons. The van der Waals surface area contributed by atoms with Gasteiger partial charge in [0, 0.05) is 38.8 Å². The number of hydrogen-bond donors (Lipinski definition) is 2. The second-order valence-corrected chi connectivity index (χ2v) is 10.1. The summed E-state index contributed by atoms with van der Waals surface area (Å²) in [5.41, 5.74) is 1.35. The maximum Gasteiger partial charge on any atom is 0.232 e. The highest BCUT2D eigenvalue weighted by molar-refractivity contribution is 7.80. The van der Waals surface area contributed by atoms with E-state index in [0.717, 1.165) is 63.1 Å². The third-order valence-electron chi connectivity index (χ3n) is 6.78. The summed E-state index contributed by atoms with van der Waals surface area (Å²) in [4.78, 5) is 14.5. The molecule has 7 heteroatoms. The van der Waals surface area contributed by atoms with E-state index in [2.05, 4.69) is 70.7 Å². The molecule has 33 heavy (non-hydrogen) atoms. The number of hydrogen-bond acceptors (Lipinski definition) is 5. The van der Waals surface area contributed by atoms with Crippen molar-refractivity contribution in [3.8, 4) is 0 Å². The minimum Gasteiger partial charge on any atom is -0.362 e. The fraction of sp³-hybridized carbons (Fsp3) is 0.577. The van der Waals surface area contributed by atoms with Gasteiger partial charge in [0.05, 0.1) is 0 Å². The fourth-order valence-electron chi connectivity index (χ4n) is 4.72. The lowest BCUT2D eigenvalue weighted by molar-refractivity contribution is 0.435. The van der Waals surface area contributed by atoms with Gasteiger partial charge in [-0.15, -0.1) is 0 Å². The lowest BCUT2D eigenvalue weighted by Gasteiger charge is -2.34. The van der Waals surface area contributed by atoms with Crippen LogP contribution in [0, 0.1) is 11.8 Å². The molecule has 0 spiro atoms. The SMILES string of the molecule is CC1CCN(c2cc(N3CCC[C@@H](C)C3)nc(NC(=S)NCCCc3ccccc3)n2)CC1. The molecule has 1 atom stereocenters. The molecule has 2 N–H and O–H groups in total. The first-order valence-electron chi connectivity index (χ1n) is 12.5. The van der Waals surface area contributed by atoms with E-state index in [4.69, 9.17) is 22.2 Å². The van der Waals surface area contributed by atoms with Gasteiger partial charge < -0.3 is 20.4 Å². The van der Waals surface area contributed by atoms with Crippen LogP contribution < -0.4 is 20.4 Å². The van der Waals surface area contributed by atoms with Crippen LogP contribution in [0.25, 0.3) is 0 Å². The summed E-state index contributed by atoms with van der Waals surface area (Å²) in [7, 11) is 0. The van der Waals surface area contributed by atoms with Crippen LogP contribution in [0.2, 0.25) is 0 Å². The van der Waals surface area contributed by atoms with Gasteiger partial charge in [-0.3, -0.25) is 0 Å². The quantitative estimate of drug-likeness (QED) is 0.446. The number of rotatable bonds is 7. The Balaban J connectivity index is 1.40. The number of thiocarbonyl (C=S) groups is 1. The van der Waals surface area contributed by atoms with E-state index in [9.17, 15) is 0 Å². The summed E-state index contributed by atoms with van der Waals surface area (Å²) < 4.78 is 0. The van der Waals surface area contributed by atoms with Crippen LogP contribution in [0.5, 0.6) is 0 Å². The highest BCUT2D eigenvalue weighted by atomic mass is 32.1. The smallest absolute Gasteiger partial charge is 0.232 e. The molecule has 2 aliphatic rings. The van der Waals surface area contributed by atoms with Gasteiger partial charge in [0.25, 0.3) is 0 Å². The summed E-state index contributed by atoms with van der Waals surface area (Å²) in [6.07, 6.45) is 6.99. The summed E-state index contributed by atoms with van der Waals surface area (Å²) in [6, 6.07) is 12.7. The van der Waals surface area contributed by atoms with Crippen molar-refractivity contribution in [3.63, 3.8) is 0 Å². The highest BCUT2D eigenvalue weighted by Gasteiger charge is 2.22. The van der Waals surface area contributed by atoms with Crippen molar-refractivity contribution in [1.82, 2.24) is 15.3 Å². The Labute approximate surface area is 204 Å². The third-order valence-corrected chi connectivity index (χ3v) is 7.03. The van der Waals surface area contributed by atoms with Crippen molar-refractivity contribution < 1.29 is 0 Å². The Bertz CT molecular complexity index is 897. The third kappa shape index (κ3) is 7.03. The first-order chi connectivity index (χ1) is 16.1. The zero-order valence-electron chi connectivity index (χ0n) is 20.1. The van der Waals surface area contributed by atoms with Gasteiger partial charge in [0.15, 0.2) is 5.11 Å². The van der Waals surface area contributed by atoms with Crippen molar-refractivity contribution in [2.45, 2.75) is 52.4 Å². The predicted molar refractivity (Wildman–Crippen MR) is 142 cm³/mol. The number of anilines is 3. The van der Waals surface area contributed by atoms with Crippen molar-refractivity contribution >= 4 is 34.9 Å². The monoisotopic (exact) mass is 466 g/mol. The molecular weight excluding hydrogens is 428 g/mol. The van der Waals surface area contributed by atoms with Crippen LogP contribution in [0.3, 0.4) is 0 Å². The Morgan fingerprint density at radius 3 is 2.42 bits per heavy atom. The molecule has 2 aromatic rings. The molecule has 178 valence electrons. The molecule has 1 aromatic carbocycles. The summed E-state index contributed by atoms with van der Waals surface area (Å²) in [5, 5.41) is 7.18. The first-order valence-corrected chi connectivity index (χ1v) is 13.0. The maximum atomic E-state index is 5.57. The van der Waals surface area contributed by atoms with Crippen LogP contribution in [0.4, 0.5) is 17.6 Å². The molecule has 6 nitrogen and oxygen atoms in total. The second-order valence-electron chi connectivity index (χ2n) is 9.74. The standard InChI is InChI=1S/C26H38N6S/c1-20-12-16-31(17-13-20)23-18-24(32-15-7-8-21(2)19-32)29-25(28-23)30-26(33)27-14-6-11-22-9-4-3-5-10-22/h3-5,9-10,18,20-21H,6-8,11-17,19H2,1-2H3,(H2,27,28,29,30,33)/t21-/m1/s1. The molecule has 0 amide bonds. The Hall–Kier alpha value is -2.41. The maximum absolute atomic E-state index is 5.57. The lowest BCUT2D eigenvalue weighted by Crippen LogP contribution is -2.37. The van der Waals surface area contributed by atoms with Gasteiger partial charge in [-0.1, -0.05) is 44.2 Å². The molecule has 0 bridgehead atoms. The molecule has 2 aliphatic heterocycles. The van der Waals surface area contributed by atoms with Crippen molar-refractivity contribution in [2.24, 2.45) is 11.8 Å². The largest absolute Gasteiger partial charge is 0.362 e. The molecule has 4 rings (SSSR count). The summed E-state index contributed by atoms with van der Waals surface area (Å²) in [6.45, 7) is 9.70. The molecule has 0 saturated carbocycles. The zero-order chi connectivity index (χ0) is 23.0. The van der Waals surface area contributed by atoms with Crippen LogP contribution in [-0.2, 0) is 6.42 Å². The van der Waals surface area contributed by atoms with E-state index in [1.54, 1.807) is 0 Å². The summed E-state index contributed by atoms with van der Waals surface area (Å²) >= 11 is 5.57. The second kappa shape index (κ2) is 11.6. The van der Waals surface area contributed by atoms with Crippen molar-refractivity contribution in [1.29, 1.82) is 0 Å². The molecular formula is C26H38N6S. The number of piperidine rings is 2. The summed E-state index contributed by atoms with van der Waals surface area (Å²) in [5.74, 6) is 4.10. The van der Waals surface area contributed by atoms with Crippen molar-refractivity contribution in [3.05, 3.63) is 42.0 Å². The first kappa shape index (κ1) is 23.7. The van der Waals surface area contributed by atoms with Crippen LogP contribution in [0.15, 0.2) is 36.4 Å². The van der Waals surface area contributed by atoms with Gasteiger partial charge >= 0.3 is 0 Å². The Kier molecular flexibility index (Phi) is 8.37. The van der Waals surface area contributed by atoms with Gasteiger partial charge in [0.1, 0.15) is 11.6 Å². The molecule has 2 saturated heterocycles. The van der Waals surface area contributed by atoms with E-state index in [1.807, 2.05) is 0 Å². The zero-order valence-corrected chi connectivity index (χ0v) is 20.9. The predicted octanol–water partition coefficient (Wildman–Crippen LogP) is 4.87. The van der Waals surface area contributed by atoms with E-state index >= 15 is 0 Å². The number of nitrogens with zero attached hydrogens (tertiary/aromatic N) is 4. The topological polar surface area (TPSA) is 56.3 Å².